The molecule has 4 nitrogen and oxygen atoms in total. The van der Waals surface area contributed by atoms with Crippen LogP contribution in [0.3, 0.4) is 0 Å². The summed E-state index contributed by atoms with van der Waals surface area (Å²) >= 11 is 1.59. The number of thiazole rings is 1. The van der Waals surface area contributed by atoms with Gasteiger partial charge in [-0.05, 0) is 24.6 Å². The number of nitrogens with zero attached hydrogens (tertiary/aromatic N) is 1. The summed E-state index contributed by atoms with van der Waals surface area (Å²) in [5.41, 5.74) is 4.17. The molecule has 1 N–H and O–H groups in total. The van der Waals surface area contributed by atoms with Crippen molar-refractivity contribution in [1.29, 1.82) is 0 Å². The maximum absolute atomic E-state index is 12.1. The van der Waals surface area contributed by atoms with Crippen LogP contribution in [0.25, 0.3) is 10.6 Å². The van der Waals surface area contributed by atoms with E-state index in [2.05, 4.69) is 41.5 Å². The lowest BCUT2D eigenvalue weighted by atomic mass is 10.1. The summed E-state index contributed by atoms with van der Waals surface area (Å²) in [7, 11) is 1.63. The molecule has 0 fully saturated rings. The fourth-order valence-corrected chi connectivity index (χ4v) is 3.22. The van der Waals surface area contributed by atoms with E-state index >= 15 is 0 Å². The summed E-state index contributed by atoms with van der Waals surface area (Å²) in [6, 6.07) is 15.8. The lowest BCUT2D eigenvalue weighted by Gasteiger charge is -2.05. The number of rotatable bonds is 6. The average Bonchev–Trinajstić information content (AvgIpc) is 3.10. The molecule has 0 spiro atoms. The summed E-state index contributed by atoms with van der Waals surface area (Å²) in [4.78, 5) is 16.7. The number of hydrogen-bond donors (Lipinski definition) is 1. The minimum atomic E-state index is -0.0185. The van der Waals surface area contributed by atoms with Crippen LogP contribution in [0.1, 0.15) is 16.8 Å². The van der Waals surface area contributed by atoms with Crippen molar-refractivity contribution in [3.05, 3.63) is 70.7 Å². The van der Waals surface area contributed by atoms with Gasteiger partial charge in [0.2, 0.25) is 5.91 Å². The van der Waals surface area contributed by atoms with E-state index in [4.69, 9.17) is 4.74 Å². The molecule has 1 heterocycles. The van der Waals surface area contributed by atoms with Crippen molar-refractivity contribution in [3.63, 3.8) is 0 Å². The Morgan fingerprint density at radius 3 is 2.52 bits per heavy atom. The fraction of sp³-hybridized carbons (Fsp3) is 0.200. The molecular weight excluding hydrogens is 332 g/mol. The van der Waals surface area contributed by atoms with Crippen LogP contribution in [0.2, 0.25) is 0 Å². The van der Waals surface area contributed by atoms with Crippen LogP contribution in [0, 0.1) is 6.92 Å². The Kier molecular flexibility index (Phi) is 5.46. The van der Waals surface area contributed by atoms with Gasteiger partial charge in [0.15, 0.2) is 0 Å². The highest BCUT2D eigenvalue weighted by Crippen LogP contribution is 2.23. The van der Waals surface area contributed by atoms with Crippen LogP contribution in [0.15, 0.2) is 53.9 Å². The fourth-order valence-electron chi connectivity index (χ4n) is 2.40. The minimum Gasteiger partial charge on any atom is -0.497 e. The van der Waals surface area contributed by atoms with Gasteiger partial charge in [-0.15, -0.1) is 11.3 Å². The van der Waals surface area contributed by atoms with Crippen LogP contribution >= 0.6 is 11.3 Å². The first-order chi connectivity index (χ1) is 12.1. The molecule has 5 heteroatoms. The maximum Gasteiger partial charge on any atom is 0.224 e. The molecule has 2 aromatic carbocycles. The summed E-state index contributed by atoms with van der Waals surface area (Å²) in [5, 5.41) is 5.88. The van der Waals surface area contributed by atoms with Gasteiger partial charge in [0.1, 0.15) is 10.8 Å². The predicted octanol–water partition coefficient (Wildman–Crippen LogP) is 3.99. The smallest absolute Gasteiger partial charge is 0.224 e. The Morgan fingerprint density at radius 2 is 1.84 bits per heavy atom. The number of carbonyl (C=O) groups excluding carboxylic acids is 1. The van der Waals surface area contributed by atoms with Crippen molar-refractivity contribution in [3.8, 4) is 16.3 Å². The number of methoxy groups -OCH3 is 1. The molecule has 0 aliphatic carbocycles. The second kappa shape index (κ2) is 7.94. The predicted molar refractivity (Wildman–Crippen MR) is 101 cm³/mol. The topological polar surface area (TPSA) is 51.2 Å². The van der Waals surface area contributed by atoms with Gasteiger partial charge in [-0.1, -0.05) is 42.0 Å². The number of ether oxygens (including phenoxy) is 1. The highest BCUT2D eigenvalue weighted by Gasteiger charge is 2.07. The summed E-state index contributed by atoms with van der Waals surface area (Å²) in [6.07, 6.45) is 0.346. The molecule has 0 bridgehead atoms. The third-order valence-corrected chi connectivity index (χ3v) is 4.78. The number of hydrogen-bond acceptors (Lipinski definition) is 4. The van der Waals surface area contributed by atoms with Crippen molar-refractivity contribution < 1.29 is 9.53 Å². The van der Waals surface area contributed by atoms with Crippen molar-refractivity contribution in [2.24, 2.45) is 0 Å². The summed E-state index contributed by atoms with van der Waals surface area (Å²) in [6.45, 7) is 2.51. The summed E-state index contributed by atoms with van der Waals surface area (Å²) < 4.78 is 5.12. The first kappa shape index (κ1) is 17.2. The number of aromatic nitrogens is 1. The molecule has 1 amide bonds. The van der Waals surface area contributed by atoms with E-state index in [1.54, 1.807) is 18.4 Å². The van der Waals surface area contributed by atoms with Crippen LogP contribution in [0.5, 0.6) is 5.75 Å². The first-order valence-corrected chi connectivity index (χ1v) is 8.93. The number of benzene rings is 2. The quantitative estimate of drug-likeness (QED) is 0.730. The van der Waals surface area contributed by atoms with E-state index < -0.39 is 0 Å². The van der Waals surface area contributed by atoms with Gasteiger partial charge in [0, 0.05) is 10.9 Å². The molecule has 1 aromatic heterocycles. The molecular formula is C20H20N2O2S. The van der Waals surface area contributed by atoms with E-state index in [0.717, 1.165) is 27.6 Å². The van der Waals surface area contributed by atoms with Gasteiger partial charge in [0.05, 0.1) is 25.8 Å². The van der Waals surface area contributed by atoms with E-state index in [-0.39, 0.29) is 5.91 Å². The van der Waals surface area contributed by atoms with Gasteiger partial charge in [-0.2, -0.15) is 0 Å². The van der Waals surface area contributed by atoms with Crippen LogP contribution < -0.4 is 10.1 Å². The second-order valence-corrected chi connectivity index (χ2v) is 6.67. The number of aryl methyl sites for hydroxylation is 1. The molecule has 0 saturated carbocycles. The Morgan fingerprint density at radius 1 is 1.12 bits per heavy atom. The molecule has 0 aliphatic rings. The van der Waals surface area contributed by atoms with Crippen LogP contribution in [0.4, 0.5) is 0 Å². The Bertz CT molecular complexity index is 839. The Hall–Kier alpha value is -2.66. The molecule has 3 rings (SSSR count). The molecule has 3 aromatic rings. The highest BCUT2D eigenvalue weighted by molar-refractivity contribution is 7.13. The van der Waals surface area contributed by atoms with E-state index in [1.165, 1.54) is 5.56 Å². The average molecular weight is 352 g/mol. The Balaban J connectivity index is 1.54. The molecule has 0 atom stereocenters. The largest absolute Gasteiger partial charge is 0.497 e. The molecule has 0 saturated heterocycles. The van der Waals surface area contributed by atoms with Crippen molar-refractivity contribution in [2.75, 3.05) is 7.11 Å². The zero-order valence-corrected chi connectivity index (χ0v) is 15.1. The SMILES string of the molecule is COc1ccc(CC(=O)NCc2csc(-c3ccc(C)cc3)n2)cc1. The zero-order valence-electron chi connectivity index (χ0n) is 14.3. The normalized spacial score (nSPS) is 10.5. The molecule has 25 heavy (non-hydrogen) atoms. The third kappa shape index (κ3) is 4.67. The van der Waals surface area contributed by atoms with Gasteiger partial charge in [-0.25, -0.2) is 4.98 Å². The van der Waals surface area contributed by atoms with Crippen molar-refractivity contribution >= 4 is 17.2 Å². The van der Waals surface area contributed by atoms with Gasteiger partial charge < -0.3 is 10.1 Å². The first-order valence-electron chi connectivity index (χ1n) is 8.05. The second-order valence-electron chi connectivity index (χ2n) is 5.81. The Labute approximate surface area is 151 Å². The lowest BCUT2D eigenvalue weighted by molar-refractivity contribution is -0.120. The molecule has 0 unspecified atom stereocenters. The minimum absolute atomic E-state index is 0.0185. The van der Waals surface area contributed by atoms with Crippen LogP contribution in [-0.2, 0) is 17.8 Å². The van der Waals surface area contributed by atoms with Crippen molar-refractivity contribution in [1.82, 2.24) is 10.3 Å². The van der Waals surface area contributed by atoms with Gasteiger partial charge >= 0.3 is 0 Å². The highest BCUT2D eigenvalue weighted by atomic mass is 32.1. The van der Waals surface area contributed by atoms with Gasteiger partial charge in [-0.3, -0.25) is 4.79 Å². The number of carbonyl (C=O) groups is 1. The summed E-state index contributed by atoms with van der Waals surface area (Å²) in [5.74, 6) is 0.769. The monoisotopic (exact) mass is 352 g/mol. The zero-order chi connectivity index (χ0) is 17.6. The maximum atomic E-state index is 12.1. The van der Waals surface area contributed by atoms with Crippen LogP contribution in [-0.4, -0.2) is 18.0 Å². The third-order valence-electron chi connectivity index (χ3n) is 3.84. The molecule has 0 aliphatic heterocycles. The standard InChI is InChI=1S/C20H20N2O2S/c1-14-3-7-16(8-4-14)20-22-17(13-25-20)12-21-19(23)11-15-5-9-18(24-2)10-6-15/h3-10,13H,11-12H2,1-2H3,(H,21,23). The van der Waals surface area contributed by atoms with Gasteiger partial charge in [0.25, 0.3) is 0 Å². The molecule has 128 valence electrons. The van der Waals surface area contributed by atoms with Crippen molar-refractivity contribution in [2.45, 2.75) is 19.9 Å². The van der Waals surface area contributed by atoms with E-state index in [1.807, 2.05) is 29.6 Å². The lowest BCUT2D eigenvalue weighted by Crippen LogP contribution is -2.24. The van der Waals surface area contributed by atoms with E-state index in [9.17, 15) is 4.79 Å². The van der Waals surface area contributed by atoms with E-state index in [0.29, 0.717) is 13.0 Å². The molecule has 0 radical (unpaired) electrons. The number of amides is 1. The number of nitrogens with one attached hydrogen (secondary N) is 1.